The fraction of sp³-hybridized carbons (Fsp3) is 0.333. The van der Waals surface area contributed by atoms with Gasteiger partial charge >= 0.3 is 6.03 Å². The van der Waals surface area contributed by atoms with Crippen LogP contribution in [0, 0.1) is 12.8 Å². The highest BCUT2D eigenvalue weighted by molar-refractivity contribution is 7.99. The quantitative estimate of drug-likeness (QED) is 0.738. The number of aromatic nitrogens is 2. The van der Waals surface area contributed by atoms with E-state index in [4.69, 9.17) is 4.42 Å². The maximum absolute atomic E-state index is 12.2. The second kappa shape index (κ2) is 8.34. The summed E-state index contributed by atoms with van der Waals surface area (Å²) in [6.45, 7) is 3.57. The molecule has 10 heteroatoms. The molecule has 9 nitrogen and oxygen atoms in total. The highest BCUT2D eigenvalue weighted by atomic mass is 32.2. The summed E-state index contributed by atoms with van der Waals surface area (Å²) in [6.07, 6.45) is 0.148. The van der Waals surface area contributed by atoms with Crippen LogP contribution in [0.15, 0.2) is 38.9 Å². The number of carbonyl (C=O) groups is 3. The molecule has 0 aliphatic carbocycles. The van der Waals surface area contributed by atoms with Gasteiger partial charge in [-0.25, -0.2) is 9.79 Å². The van der Waals surface area contributed by atoms with Crippen molar-refractivity contribution in [3.05, 3.63) is 35.7 Å². The maximum Gasteiger partial charge on any atom is 0.349 e. The van der Waals surface area contributed by atoms with Crippen LogP contribution in [0.3, 0.4) is 0 Å². The van der Waals surface area contributed by atoms with E-state index < -0.39 is 11.9 Å². The molecule has 2 aromatic rings. The standard InChI is InChI=1S/C18H19N5O4S/c1-10-5-4-6-12(7-10)20-14(24)9-28-18-22-21-15(27-18)8-13-11(2)19-17(26)23(3)16(13)25/h4-7,13H,8-9H2,1-3H3,(H,20,24). The predicted octanol–water partition coefficient (Wildman–Crippen LogP) is 2.32. The third-order valence-corrected chi connectivity index (χ3v) is 4.97. The van der Waals surface area contributed by atoms with Gasteiger partial charge in [0.2, 0.25) is 17.7 Å². The number of benzene rings is 1. The Morgan fingerprint density at radius 1 is 1.29 bits per heavy atom. The number of nitrogens with one attached hydrogen (secondary N) is 1. The van der Waals surface area contributed by atoms with Gasteiger partial charge in [-0.05, 0) is 31.5 Å². The number of rotatable bonds is 6. The number of carbonyl (C=O) groups excluding carboxylic acids is 3. The van der Waals surface area contributed by atoms with Crippen molar-refractivity contribution in [2.45, 2.75) is 25.5 Å². The van der Waals surface area contributed by atoms with Crippen molar-refractivity contribution in [1.29, 1.82) is 0 Å². The molecule has 0 spiro atoms. The van der Waals surface area contributed by atoms with Crippen molar-refractivity contribution in [2.24, 2.45) is 10.9 Å². The third kappa shape index (κ3) is 4.63. The maximum atomic E-state index is 12.2. The van der Waals surface area contributed by atoms with Crippen LogP contribution in [0.1, 0.15) is 18.4 Å². The summed E-state index contributed by atoms with van der Waals surface area (Å²) in [5.74, 6) is -0.818. The first kappa shape index (κ1) is 19.7. The van der Waals surface area contributed by atoms with Gasteiger partial charge in [-0.3, -0.25) is 14.5 Å². The van der Waals surface area contributed by atoms with Crippen LogP contribution in [0.5, 0.6) is 0 Å². The Balaban J connectivity index is 1.56. The molecule has 0 bridgehead atoms. The number of thioether (sulfide) groups is 1. The Labute approximate surface area is 165 Å². The van der Waals surface area contributed by atoms with Gasteiger partial charge in [-0.2, -0.15) is 0 Å². The van der Waals surface area contributed by atoms with Crippen LogP contribution < -0.4 is 5.32 Å². The molecule has 28 heavy (non-hydrogen) atoms. The average Bonchev–Trinajstić information content (AvgIpc) is 3.09. The van der Waals surface area contributed by atoms with Crippen LogP contribution in [0.25, 0.3) is 0 Å². The number of aryl methyl sites for hydroxylation is 1. The lowest BCUT2D eigenvalue weighted by Gasteiger charge is -2.24. The van der Waals surface area contributed by atoms with Crippen LogP contribution >= 0.6 is 11.8 Å². The molecule has 1 aromatic heterocycles. The van der Waals surface area contributed by atoms with E-state index in [0.717, 1.165) is 27.9 Å². The number of hydrogen-bond donors (Lipinski definition) is 1. The molecule has 3 rings (SSSR count). The summed E-state index contributed by atoms with van der Waals surface area (Å²) >= 11 is 1.11. The van der Waals surface area contributed by atoms with Crippen molar-refractivity contribution in [3.63, 3.8) is 0 Å². The summed E-state index contributed by atoms with van der Waals surface area (Å²) in [4.78, 5) is 40.7. The molecule has 1 aliphatic heterocycles. The van der Waals surface area contributed by atoms with Crippen molar-refractivity contribution in [3.8, 4) is 0 Å². The van der Waals surface area contributed by atoms with Crippen LogP contribution in [-0.2, 0) is 16.0 Å². The minimum absolute atomic E-state index is 0.107. The Morgan fingerprint density at radius 2 is 2.07 bits per heavy atom. The molecule has 146 valence electrons. The summed E-state index contributed by atoms with van der Waals surface area (Å²) < 4.78 is 5.51. The normalized spacial score (nSPS) is 16.9. The van der Waals surface area contributed by atoms with Gasteiger partial charge in [-0.15, -0.1) is 10.2 Å². The zero-order valence-corrected chi connectivity index (χ0v) is 16.4. The number of urea groups is 1. The fourth-order valence-electron chi connectivity index (χ4n) is 2.65. The Kier molecular flexibility index (Phi) is 5.88. The first-order chi connectivity index (χ1) is 13.3. The lowest BCUT2D eigenvalue weighted by atomic mass is 9.97. The number of nitrogens with zero attached hydrogens (tertiary/aromatic N) is 4. The van der Waals surface area contributed by atoms with Gasteiger partial charge in [0.25, 0.3) is 5.22 Å². The molecular formula is C18H19N5O4S. The van der Waals surface area contributed by atoms with Crippen LogP contribution in [0.2, 0.25) is 0 Å². The highest BCUT2D eigenvalue weighted by Crippen LogP contribution is 2.21. The first-order valence-corrected chi connectivity index (χ1v) is 9.50. The van der Waals surface area contributed by atoms with Crippen molar-refractivity contribution in [2.75, 3.05) is 18.1 Å². The molecule has 1 N–H and O–H groups in total. The monoisotopic (exact) mass is 401 g/mol. The molecule has 2 heterocycles. The molecule has 1 atom stereocenters. The SMILES string of the molecule is CC1=NC(=O)N(C)C(=O)C1Cc1nnc(SCC(=O)Nc2cccc(C)c2)o1. The lowest BCUT2D eigenvalue weighted by Crippen LogP contribution is -2.44. The minimum Gasteiger partial charge on any atom is -0.416 e. The van der Waals surface area contributed by atoms with E-state index in [1.54, 1.807) is 6.92 Å². The molecule has 4 amide bonds. The molecule has 0 radical (unpaired) electrons. The third-order valence-electron chi connectivity index (χ3n) is 4.15. The molecule has 1 unspecified atom stereocenters. The van der Waals surface area contributed by atoms with E-state index in [-0.39, 0.29) is 35.1 Å². The van der Waals surface area contributed by atoms with E-state index in [9.17, 15) is 14.4 Å². The second-order valence-electron chi connectivity index (χ2n) is 6.36. The first-order valence-electron chi connectivity index (χ1n) is 8.52. The molecule has 0 saturated carbocycles. The number of hydrogen-bond acceptors (Lipinski definition) is 7. The van der Waals surface area contributed by atoms with Gasteiger partial charge in [0, 0.05) is 24.9 Å². The van der Waals surface area contributed by atoms with Crippen LogP contribution in [0.4, 0.5) is 10.5 Å². The van der Waals surface area contributed by atoms with E-state index in [2.05, 4.69) is 20.5 Å². The predicted molar refractivity (Wildman–Crippen MR) is 103 cm³/mol. The van der Waals surface area contributed by atoms with Gasteiger partial charge in [0.1, 0.15) is 0 Å². The topological polar surface area (TPSA) is 118 Å². The Morgan fingerprint density at radius 3 is 2.82 bits per heavy atom. The number of anilines is 1. The Bertz CT molecular complexity index is 955. The molecular weight excluding hydrogens is 382 g/mol. The van der Waals surface area contributed by atoms with Crippen molar-refractivity contribution in [1.82, 2.24) is 15.1 Å². The fourth-order valence-corrected chi connectivity index (χ4v) is 3.23. The van der Waals surface area contributed by atoms with E-state index >= 15 is 0 Å². The lowest BCUT2D eigenvalue weighted by molar-refractivity contribution is -0.129. The summed E-state index contributed by atoms with van der Waals surface area (Å²) in [7, 11) is 1.38. The molecule has 0 saturated heterocycles. The van der Waals surface area contributed by atoms with Gasteiger partial charge in [0.05, 0.1) is 11.7 Å². The van der Waals surface area contributed by atoms with Crippen molar-refractivity contribution < 1.29 is 18.8 Å². The average molecular weight is 401 g/mol. The van der Waals surface area contributed by atoms with E-state index in [1.807, 2.05) is 31.2 Å². The van der Waals surface area contributed by atoms with Crippen molar-refractivity contribution >= 4 is 41.0 Å². The largest absolute Gasteiger partial charge is 0.416 e. The van der Waals surface area contributed by atoms with Gasteiger partial charge < -0.3 is 9.73 Å². The summed E-state index contributed by atoms with van der Waals surface area (Å²) in [6, 6.07) is 6.92. The van der Waals surface area contributed by atoms with E-state index in [1.165, 1.54) is 7.05 Å². The minimum atomic E-state index is -0.620. The Hall–Kier alpha value is -3.01. The molecule has 1 aliphatic rings. The zero-order valence-electron chi connectivity index (χ0n) is 15.6. The number of imide groups is 1. The second-order valence-corrected chi connectivity index (χ2v) is 7.28. The smallest absolute Gasteiger partial charge is 0.349 e. The molecule has 0 fully saturated rings. The summed E-state index contributed by atoms with van der Waals surface area (Å²) in [5, 5.41) is 10.8. The number of aliphatic imine (C=N–C) groups is 1. The zero-order chi connectivity index (χ0) is 20.3. The van der Waals surface area contributed by atoms with E-state index in [0.29, 0.717) is 5.71 Å². The van der Waals surface area contributed by atoms with Gasteiger partial charge in [0.15, 0.2) is 0 Å². The summed E-state index contributed by atoms with van der Waals surface area (Å²) in [5.41, 5.74) is 2.19. The highest BCUT2D eigenvalue weighted by Gasteiger charge is 2.34. The molecule has 1 aromatic carbocycles. The van der Waals surface area contributed by atoms with Gasteiger partial charge in [-0.1, -0.05) is 23.9 Å². The van der Waals surface area contributed by atoms with Crippen LogP contribution in [-0.4, -0.2) is 51.5 Å². The number of amides is 4.